The predicted octanol–water partition coefficient (Wildman–Crippen LogP) is 2.19. The van der Waals surface area contributed by atoms with Gasteiger partial charge in [-0.05, 0) is 33.3 Å². The summed E-state index contributed by atoms with van der Waals surface area (Å²) >= 11 is 2.74. The quantitative estimate of drug-likeness (QED) is 0.498. The zero-order valence-corrected chi connectivity index (χ0v) is 13.5. The highest BCUT2D eigenvalue weighted by atomic mass is 32.1. The van der Waals surface area contributed by atoms with Crippen molar-refractivity contribution in [2.75, 3.05) is 0 Å². The first-order valence-corrected chi connectivity index (χ1v) is 8.41. The number of carbonyl (C=O) groups excluding carboxylic acids is 1. The molecule has 0 N–H and O–H groups in total. The Balaban J connectivity index is 1.45. The highest BCUT2D eigenvalue weighted by Crippen LogP contribution is 2.23. The Hall–Kier alpha value is -2.92. The molecule has 0 amide bonds. The summed E-state index contributed by atoms with van der Waals surface area (Å²) < 4.78 is 11.7. The van der Waals surface area contributed by atoms with Crippen molar-refractivity contribution < 1.29 is 14.1 Å². The average molecular weight is 360 g/mol. The van der Waals surface area contributed by atoms with E-state index in [1.165, 1.54) is 33.7 Å². The van der Waals surface area contributed by atoms with E-state index in [1.54, 1.807) is 11.4 Å². The van der Waals surface area contributed by atoms with Crippen LogP contribution in [-0.4, -0.2) is 36.3 Å². The molecule has 4 aromatic rings. The second kappa shape index (κ2) is 6.29. The number of tetrazole rings is 1. The first-order chi connectivity index (χ1) is 11.8. The summed E-state index contributed by atoms with van der Waals surface area (Å²) in [5, 5.41) is 18.4. The number of aromatic nitrogens is 6. The Bertz CT molecular complexity index is 944. The SMILES string of the molecule is O=C(OCc1nc(-c2cccs2)no1)c1sccc1-n1cnnn1. The van der Waals surface area contributed by atoms with Gasteiger partial charge in [-0.1, -0.05) is 11.2 Å². The van der Waals surface area contributed by atoms with Crippen molar-refractivity contribution in [2.45, 2.75) is 6.61 Å². The molecule has 0 aromatic carbocycles. The molecule has 0 unspecified atom stereocenters. The molecule has 120 valence electrons. The maximum Gasteiger partial charge on any atom is 0.351 e. The second-order valence-corrected chi connectivity index (χ2v) is 6.32. The summed E-state index contributed by atoms with van der Waals surface area (Å²) in [5.74, 6) is 0.195. The van der Waals surface area contributed by atoms with E-state index in [0.717, 1.165) is 4.88 Å². The first kappa shape index (κ1) is 14.7. The van der Waals surface area contributed by atoms with Gasteiger partial charge in [-0.25, -0.2) is 4.79 Å². The second-order valence-electron chi connectivity index (χ2n) is 4.45. The molecule has 0 aliphatic heterocycles. The van der Waals surface area contributed by atoms with Crippen molar-refractivity contribution in [3.63, 3.8) is 0 Å². The number of rotatable bonds is 5. The van der Waals surface area contributed by atoms with Gasteiger partial charge in [0.1, 0.15) is 11.2 Å². The molecule has 9 nitrogen and oxygen atoms in total. The van der Waals surface area contributed by atoms with Crippen LogP contribution in [0.5, 0.6) is 0 Å². The molecule has 0 spiro atoms. The lowest BCUT2D eigenvalue weighted by Gasteiger charge is -2.02. The lowest BCUT2D eigenvalue weighted by molar-refractivity contribution is 0.0435. The molecule has 0 aliphatic rings. The molecule has 0 aliphatic carbocycles. The molecule has 4 aromatic heterocycles. The van der Waals surface area contributed by atoms with E-state index in [9.17, 15) is 4.79 Å². The number of thiophene rings is 2. The molecular formula is C13H8N6O3S2. The fourth-order valence-corrected chi connectivity index (χ4v) is 3.34. The highest BCUT2D eigenvalue weighted by Gasteiger charge is 2.18. The normalized spacial score (nSPS) is 10.8. The zero-order chi connectivity index (χ0) is 16.4. The fourth-order valence-electron chi connectivity index (χ4n) is 1.92. The molecule has 24 heavy (non-hydrogen) atoms. The van der Waals surface area contributed by atoms with Gasteiger partial charge in [-0.3, -0.25) is 0 Å². The van der Waals surface area contributed by atoms with Gasteiger partial charge in [0, 0.05) is 0 Å². The minimum Gasteiger partial charge on any atom is -0.451 e. The highest BCUT2D eigenvalue weighted by molar-refractivity contribution is 7.13. The monoisotopic (exact) mass is 360 g/mol. The summed E-state index contributed by atoms with van der Waals surface area (Å²) in [6.45, 7) is -0.107. The van der Waals surface area contributed by atoms with Crippen LogP contribution >= 0.6 is 22.7 Å². The maximum absolute atomic E-state index is 12.2. The van der Waals surface area contributed by atoms with Gasteiger partial charge in [0.25, 0.3) is 5.89 Å². The van der Waals surface area contributed by atoms with Crippen LogP contribution in [-0.2, 0) is 11.3 Å². The van der Waals surface area contributed by atoms with Crippen molar-refractivity contribution >= 4 is 28.6 Å². The first-order valence-electron chi connectivity index (χ1n) is 6.66. The van der Waals surface area contributed by atoms with Gasteiger partial charge in [-0.15, -0.1) is 27.8 Å². The van der Waals surface area contributed by atoms with Crippen LogP contribution in [0.4, 0.5) is 0 Å². The van der Waals surface area contributed by atoms with Gasteiger partial charge < -0.3 is 9.26 Å². The third-order valence-corrected chi connectivity index (χ3v) is 4.71. The molecule has 4 rings (SSSR count). The Morgan fingerprint density at radius 3 is 3.04 bits per heavy atom. The van der Waals surface area contributed by atoms with Crippen LogP contribution in [0, 0.1) is 0 Å². The van der Waals surface area contributed by atoms with E-state index in [2.05, 4.69) is 25.7 Å². The summed E-state index contributed by atoms with van der Waals surface area (Å²) in [5.41, 5.74) is 0.555. The van der Waals surface area contributed by atoms with Gasteiger partial charge in [0.15, 0.2) is 6.61 Å². The van der Waals surface area contributed by atoms with Crippen LogP contribution in [0.1, 0.15) is 15.6 Å². The summed E-state index contributed by atoms with van der Waals surface area (Å²) in [6.07, 6.45) is 1.41. The van der Waals surface area contributed by atoms with E-state index < -0.39 is 5.97 Å². The van der Waals surface area contributed by atoms with E-state index in [-0.39, 0.29) is 12.5 Å². The molecule has 0 fully saturated rings. The van der Waals surface area contributed by atoms with Gasteiger partial charge in [0.05, 0.1) is 10.6 Å². The van der Waals surface area contributed by atoms with Crippen molar-refractivity contribution in [3.05, 3.63) is 46.1 Å². The molecule has 0 radical (unpaired) electrons. The Kier molecular flexibility index (Phi) is 3.84. The summed E-state index contributed by atoms with van der Waals surface area (Å²) in [6, 6.07) is 5.52. The molecule has 0 atom stereocenters. The predicted molar refractivity (Wildman–Crippen MR) is 83.8 cm³/mol. The smallest absolute Gasteiger partial charge is 0.351 e. The average Bonchev–Trinajstić information content (AvgIpc) is 3.40. The molecule has 0 saturated heterocycles. The van der Waals surface area contributed by atoms with E-state index in [4.69, 9.17) is 9.26 Å². The zero-order valence-electron chi connectivity index (χ0n) is 11.9. The van der Waals surface area contributed by atoms with Crippen LogP contribution < -0.4 is 0 Å². The number of esters is 1. The van der Waals surface area contributed by atoms with E-state index >= 15 is 0 Å². The number of carbonyl (C=O) groups is 1. The molecular weight excluding hydrogens is 352 g/mol. The van der Waals surface area contributed by atoms with Crippen LogP contribution in [0.2, 0.25) is 0 Å². The van der Waals surface area contributed by atoms with Crippen LogP contribution in [0.15, 0.2) is 39.8 Å². The minimum absolute atomic E-state index is 0.107. The van der Waals surface area contributed by atoms with E-state index in [0.29, 0.717) is 16.4 Å². The number of hydrogen-bond acceptors (Lipinski definition) is 10. The summed E-state index contributed by atoms with van der Waals surface area (Å²) in [7, 11) is 0. The van der Waals surface area contributed by atoms with Crippen molar-refractivity contribution in [1.82, 2.24) is 30.3 Å². The van der Waals surface area contributed by atoms with Crippen molar-refractivity contribution in [2.24, 2.45) is 0 Å². The Morgan fingerprint density at radius 2 is 2.25 bits per heavy atom. The molecule has 0 saturated carbocycles. The lowest BCUT2D eigenvalue weighted by atomic mass is 10.4. The minimum atomic E-state index is -0.508. The number of nitrogens with zero attached hydrogens (tertiary/aromatic N) is 6. The van der Waals surface area contributed by atoms with Gasteiger partial charge >= 0.3 is 5.97 Å². The van der Waals surface area contributed by atoms with Crippen LogP contribution in [0.25, 0.3) is 16.4 Å². The fraction of sp³-hybridized carbons (Fsp3) is 0.0769. The van der Waals surface area contributed by atoms with E-state index in [1.807, 2.05) is 17.5 Å². The molecule has 11 heteroatoms. The van der Waals surface area contributed by atoms with Gasteiger partial charge in [0.2, 0.25) is 5.82 Å². The number of hydrogen-bond donors (Lipinski definition) is 0. The van der Waals surface area contributed by atoms with Crippen molar-refractivity contribution in [3.8, 4) is 16.4 Å². The third-order valence-electron chi connectivity index (χ3n) is 2.96. The standard InChI is InChI=1S/C13H8N6O3S2/c20-13(11-8(3-5-24-11)19-7-14-17-18-19)21-6-10-15-12(16-22-10)9-2-1-4-23-9/h1-5,7H,6H2. The molecule has 4 heterocycles. The summed E-state index contributed by atoms with van der Waals surface area (Å²) in [4.78, 5) is 17.7. The maximum atomic E-state index is 12.2. The topological polar surface area (TPSA) is 109 Å². The number of ether oxygens (including phenoxy) is 1. The Morgan fingerprint density at radius 1 is 1.29 bits per heavy atom. The van der Waals surface area contributed by atoms with Crippen molar-refractivity contribution in [1.29, 1.82) is 0 Å². The lowest BCUT2D eigenvalue weighted by Crippen LogP contribution is -2.07. The Labute approximate surface area is 142 Å². The van der Waals surface area contributed by atoms with Crippen LogP contribution in [0.3, 0.4) is 0 Å². The largest absolute Gasteiger partial charge is 0.451 e. The van der Waals surface area contributed by atoms with Gasteiger partial charge in [-0.2, -0.15) is 9.67 Å². The molecule has 0 bridgehead atoms. The third kappa shape index (κ3) is 2.81.